The largest absolute Gasteiger partial charge is 0.337 e. The molecule has 1 N–H and O–H groups in total. The minimum atomic E-state index is -0.271. The molecule has 0 spiro atoms. The van der Waals surface area contributed by atoms with Gasteiger partial charge in [0.1, 0.15) is 11.6 Å². The number of pyridine rings is 1. The van der Waals surface area contributed by atoms with E-state index < -0.39 is 0 Å². The van der Waals surface area contributed by atoms with E-state index in [4.69, 9.17) is 0 Å². The van der Waals surface area contributed by atoms with Gasteiger partial charge in [-0.25, -0.2) is 14.4 Å². The second-order valence-corrected chi connectivity index (χ2v) is 3.98. The van der Waals surface area contributed by atoms with Crippen molar-refractivity contribution in [2.45, 2.75) is 6.92 Å². The maximum atomic E-state index is 13.1. The Morgan fingerprint density at radius 2 is 2.12 bits per heavy atom. The number of imidazole rings is 1. The van der Waals surface area contributed by atoms with E-state index >= 15 is 0 Å². The fourth-order valence-electron chi connectivity index (χ4n) is 1.78. The van der Waals surface area contributed by atoms with Crippen LogP contribution in [0.3, 0.4) is 0 Å². The molecule has 0 aliphatic heterocycles. The molecule has 0 unspecified atom stereocenters. The first-order valence-corrected chi connectivity index (χ1v) is 5.31. The zero-order valence-electron chi connectivity index (χ0n) is 9.24. The molecule has 0 fully saturated rings. The molecule has 0 saturated heterocycles. The van der Waals surface area contributed by atoms with E-state index in [1.165, 1.54) is 12.1 Å². The van der Waals surface area contributed by atoms with Crippen LogP contribution in [0.25, 0.3) is 22.6 Å². The van der Waals surface area contributed by atoms with Crippen LogP contribution in [-0.4, -0.2) is 15.0 Å². The van der Waals surface area contributed by atoms with Crippen molar-refractivity contribution >= 4 is 11.2 Å². The van der Waals surface area contributed by atoms with Crippen LogP contribution < -0.4 is 0 Å². The Morgan fingerprint density at radius 3 is 2.94 bits per heavy atom. The third-order valence-corrected chi connectivity index (χ3v) is 2.57. The standard InChI is InChI=1S/C13H10FN3/c1-8-5-11-13(15-7-8)17-12(16-11)9-3-2-4-10(14)6-9/h2-7H,1H3,(H,15,16,17). The van der Waals surface area contributed by atoms with Crippen molar-refractivity contribution in [3.63, 3.8) is 0 Å². The van der Waals surface area contributed by atoms with Crippen LogP contribution >= 0.6 is 0 Å². The summed E-state index contributed by atoms with van der Waals surface area (Å²) in [5.41, 5.74) is 3.30. The number of nitrogens with zero attached hydrogens (tertiary/aromatic N) is 2. The third kappa shape index (κ3) is 1.78. The SMILES string of the molecule is Cc1cnc2nc(-c3cccc(F)c3)[nH]c2c1. The summed E-state index contributed by atoms with van der Waals surface area (Å²) in [6, 6.07) is 8.31. The number of hydrogen-bond donors (Lipinski definition) is 1. The van der Waals surface area contributed by atoms with Crippen molar-refractivity contribution in [3.8, 4) is 11.4 Å². The van der Waals surface area contributed by atoms with Gasteiger partial charge < -0.3 is 4.98 Å². The lowest BCUT2D eigenvalue weighted by Gasteiger charge is -1.95. The first-order valence-electron chi connectivity index (χ1n) is 5.31. The molecule has 2 heterocycles. The van der Waals surface area contributed by atoms with E-state index in [2.05, 4.69) is 15.0 Å². The van der Waals surface area contributed by atoms with Crippen molar-refractivity contribution < 1.29 is 4.39 Å². The van der Waals surface area contributed by atoms with E-state index in [0.29, 0.717) is 11.5 Å². The fourth-order valence-corrected chi connectivity index (χ4v) is 1.78. The number of benzene rings is 1. The molecule has 84 valence electrons. The van der Waals surface area contributed by atoms with Crippen molar-refractivity contribution in [2.75, 3.05) is 0 Å². The predicted octanol–water partition coefficient (Wildman–Crippen LogP) is 3.07. The van der Waals surface area contributed by atoms with Crippen LogP contribution in [0.1, 0.15) is 5.56 Å². The van der Waals surface area contributed by atoms with E-state index in [1.807, 2.05) is 19.1 Å². The summed E-state index contributed by atoms with van der Waals surface area (Å²) < 4.78 is 13.1. The molecule has 0 bridgehead atoms. The zero-order chi connectivity index (χ0) is 11.8. The summed E-state index contributed by atoms with van der Waals surface area (Å²) in [7, 11) is 0. The average molecular weight is 227 g/mol. The number of hydrogen-bond acceptors (Lipinski definition) is 2. The van der Waals surface area contributed by atoms with Gasteiger partial charge >= 0.3 is 0 Å². The van der Waals surface area contributed by atoms with Gasteiger partial charge in [0.25, 0.3) is 0 Å². The molecule has 0 saturated carbocycles. The first kappa shape index (κ1) is 9.96. The average Bonchev–Trinajstić information content (AvgIpc) is 2.72. The summed E-state index contributed by atoms with van der Waals surface area (Å²) in [6.45, 7) is 1.97. The Balaban J connectivity index is 2.18. The van der Waals surface area contributed by atoms with Gasteiger partial charge in [-0.1, -0.05) is 12.1 Å². The molecule has 4 heteroatoms. The third-order valence-electron chi connectivity index (χ3n) is 2.57. The maximum Gasteiger partial charge on any atom is 0.178 e. The molecule has 3 nitrogen and oxygen atoms in total. The van der Waals surface area contributed by atoms with E-state index in [1.54, 1.807) is 12.3 Å². The first-order chi connectivity index (χ1) is 8.22. The van der Waals surface area contributed by atoms with Gasteiger partial charge in [-0.3, -0.25) is 0 Å². The summed E-state index contributed by atoms with van der Waals surface area (Å²) >= 11 is 0. The lowest BCUT2D eigenvalue weighted by atomic mass is 10.2. The van der Waals surface area contributed by atoms with Crippen LogP contribution in [0.2, 0.25) is 0 Å². The molecule has 0 aliphatic carbocycles. The Morgan fingerprint density at radius 1 is 1.24 bits per heavy atom. The molecule has 0 aliphatic rings. The highest BCUT2D eigenvalue weighted by Gasteiger charge is 2.06. The highest BCUT2D eigenvalue weighted by atomic mass is 19.1. The number of aromatic amines is 1. The summed E-state index contributed by atoms with van der Waals surface area (Å²) in [6.07, 6.45) is 1.76. The molecule has 17 heavy (non-hydrogen) atoms. The Hall–Kier alpha value is -2.23. The molecule has 3 rings (SSSR count). The number of nitrogens with one attached hydrogen (secondary N) is 1. The molecule has 0 amide bonds. The number of rotatable bonds is 1. The number of aromatic nitrogens is 3. The Bertz CT molecular complexity index is 688. The summed E-state index contributed by atoms with van der Waals surface area (Å²) in [5, 5.41) is 0. The van der Waals surface area contributed by atoms with Gasteiger partial charge in [0, 0.05) is 11.8 Å². The second kappa shape index (κ2) is 3.66. The molecular weight excluding hydrogens is 217 g/mol. The lowest BCUT2D eigenvalue weighted by molar-refractivity contribution is 0.628. The normalized spacial score (nSPS) is 10.9. The van der Waals surface area contributed by atoms with Gasteiger partial charge in [-0.2, -0.15) is 0 Å². The van der Waals surface area contributed by atoms with E-state index in [0.717, 1.165) is 16.6 Å². The Labute approximate surface area is 97.3 Å². The highest BCUT2D eigenvalue weighted by molar-refractivity contribution is 5.76. The summed E-state index contributed by atoms with van der Waals surface area (Å²) in [5.74, 6) is 0.365. The molecule has 0 atom stereocenters. The van der Waals surface area contributed by atoms with Crippen LogP contribution in [0.5, 0.6) is 0 Å². The van der Waals surface area contributed by atoms with Crippen molar-refractivity contribution in [1.29, 1.82) is 0 Å². The quantitative estimate of drug-likeness (QED) is 0.694. The number of halogens is 1. The topological polar surface area (TPSA) is 41.6 Å². The zero-order valence-corrected chi connectivity index (χ0v) is 9.24. The smallest absolute Gasteiger partial charge is 0.178 e. The van der Waals surface area contributed by atoms with Crippen molar-refractivity contribution in [2.24, 2.45) is 0 Å². The van der Waals surface area contributed by atoms with Crippen LogP contribution in [-0.2, 0) is 0 Å². The molecule has 1 aromatic carbocycles. The van der Waals surface area contributed by atoms with Crippen LogP contribution in [0, 0.1) is 12.7 Å². The number of fused-ring (bicyclic) bond motifs is 1. The molecular formula is C13H10FN3. The van der Waals surface area contributed by atoms with Crippen LogP contribution in [0.4, 0.5) is 4.39 Å². The molecule has 2 aromatic heterocycles. The van der Waals surface area contributed by atoms with Crippen molar-refractivity contribution in [3.05, 3.63) is 47.9 Å². The fraction of sp³-hybridized carbons (Fsp3) is 0.0769. The minimum absolute atomic E-state index is 0.271. The monoisotopic (exact) mass is 227 g/mol. The Kier molecular flexibility index (Phi) is 2.14. The second-order valence-electron chi connectivity index (χ2n) is 3.98. The molecule has 3 aromatic rings. The lowest BCUT2D eigenvalue weighted by Crippen LogP contribution is -1.81. The van der Waals surface area contributed by atoms with E-state index in [9.17, 15) is 4.39 Å². The number of H-pyrrole nitrogens is 1. The van der Waals surface area contributed by atoms with Gasteiger partial charge in [0.15, 0.2) is 5.65 Å². The summed E-state index contributed by atoms with van der Waals surface area (Å²) in [4.78, 5) is 11.7. The highest BCUT2D eigenvalue weighted by Crippen LogP contribution is 2.20. The van der Waals surface area contributed by atoms with Crippen LogP contribution in [0.15, 0.2) is 36.5 Å². The van der Waals surface area contributed by atoms with Gasteiger partial charge in [-0.15, -0.1) is 0 Å². The van der Waals surface area contributed by atoms with E-state index in [-0.39, 0.29) is 5.82 Å². The minimum Gasteiger partial charge on any atom is -0.337 e. The van der Waals surface area contributed by atoms with Gasteiger partial charge in [0.05, 0.1) is 5.52 Å². The molecule has 0 radical (unpaired) electrons. The predicted molar refractivity (Wildman–Crippen MR) is 64.0 cm³/mol. The van der Waals surface area contributed by atoms with Crippen molar-refractivity contribution in [1.82, 2.24) is 15.0 Å². The maximum absolute atomic E-state index is 13.1. The van der Waals surface area contributed by atoms with Gasteiger partial charge in [0.2, 0.25) is 0 Å². The number of aryl methyl sites for hydroxylation is 1. The van der Waals surface area contributed by atoms with Gasteiger partial charge in [-0.05, 0) is 30.7 Å².